The molecule has 0 saturated heterocycles. The smallest absolute Gasteiger partial charge is 0.0913 e. The molecule has 0 spiro atoms. The number of hydrogen-bond acceptors (Lipinski definition) is 5. The zero-order chi connectivity index (χ0) is 10.7. The van der Waals surface area contributed by atoms with Crippen molar-refractivity contribution in [3.8, 4) is 0 Å². The largest absolute Gasteiger partial charge is 0.322 e. The second-order valence-corrected chi connectivity index (χ2v) is 3.90. The van der Waals surface area contributed by atoms with Crippen molar-refractivity contribution in [2.75, 3.05) is 0 Å². The molecule has 0 bridgehead atoms. The highest BCUT2D eigenvalue weighted by Gasteiger charge is 2.10. The van der Waals surface area contributed by atoms with E-state index in [0.717, 1.165) is 24.2 Å². The molecule has 2 heterocycles. The fourth-order valence-electron chi connectivity index (χ4n) is 1.38. The van der Waals surface area contributed by atoms with E-state index in [9.17, 15) is 0 Å². The first-order chi connectivity index (χ1) is 7.29. The second kappa shape index (κ2) is 4.50. The van der Waals surface area contributed by atoms with E-state index >= 15 is 0 Å². The Morgan fingerprint density at radius 3 is 3.00 bits per heavy atom. The molecule has 15 heavy (non-hydrogen) atoms. The molecule has 0 fully saturated rings. The SMILES string of the molecule is CCn1cc(CC(N)c2cnsn2)cn1. The number of nitrogens with two attached hydrogens (primary N) is 1. The molecule has 80 valence electrons. The van der Waals surface area contributed by atoms with Gasteiger partial charge in [-0.15, -0.1) is 0 Å². The van der Waals surface area contributed by atoms with Crippen molar-refractivity contribution in [1.82, 2.24) is 18.5 Å². The van der Waals surface area contributed by atoms with Crippen LogP contribution in [0.4, 0.5) is 0 Å². The van der Waals surface area contributed by atoms with Gasteiger partial charge in [0.1, 0.15) is 0 Å². The highest BCUT2D eigenvalue weighted by molar-refractivity contribution is 6.99. The van der Waals surface area contributed by atoms with Gasteiger partial charge >= 0.3 is 0 Å². The van der Waals surface area contributed by atoms with Gasteiger partial charge in [-0.3, -0.25) is 4.68 Å². The van der Waals surface area contributed by atoms with Crippen molar-refractivity contribution in [2.45, 2.75) is 25.9 Å². The van der Waals surface area contributed by atoms with E-state index in [1.807, 2.05) is 17.1 Å². The van der Waals surface area contributed by atoms with Crippen molar-refractivity contribution < 1.29 is 0 Å². The fourth-order valence-corrected chi connectivity index (χ4v) is 1.86. The molecule has 1 unspecified atom stereocenters. The van der Waals surface area contributed by atoms with Crippen LogP contribution in [-0.2, 0) is 13.0 Å². The summed E-state index contributed by atoms with van der Waals surface area (Å²) in [6.45, 7) is 2.94. The van der Waals surface area contributed by atoms with Crippen LogP contribution in [0.5, 0.6) is 0 Å². The van der Waals surface area contributed by atoms with Crippen LogP contribution in [0.1, 0.15) is 24.2 Å². The summed E-state index contributed by atoms with van der Waals surface area (Å²) in [4.78, 5) is 0. The molecule has 0 aliphatic heterocycles. The van der Waals surface area contributed by atoms with Crippen LogP contribution in [0, 0.1) is 0 Å². The normalized spacial score (nSPS) is 12.9. The summed E-state index contributed by atoms with van der Waals surface area (Å²) < 4.78 is 9.94. The van der Waals surface area contributed by atoms with Gasteiger partial charge in [0.2, 0.25) is 0 Å². The van der Waals surface area contributed by atoms with E-state index in [0.29, 0.717) is 0 Å². The van der Waals surface area contributed by atoms with E-state index in [2.05, 4.69) is 20.8 Å². The first kappa shape index (κ1) is 10.3. The lowest BCUT2D eigenvalue weighted by molar-refractivity contribution is 0.656. The zero-order valence-corrected chi connectivity index (χ0v) is 9.31. The molecule has 5 nitrogen and oxygen atoms in total. The third-order valence-electron chi connectivity index (χ3n) is 2.22. The van der Waals surface area contributed by atoms with E-state index < -0.39 is 0 Å². The zero-order valence-electron chi connectivity index (χ0n) is 8.50. The molecule has 6 heteroatoms. The Morgan fingerprint density at radius 2 is 2.40 bits per heavy atom. The summed E-state index contributed by atoms with van der Waals surface area (Å²) in [7, 11) is 0. The molecule has 0 amide bonds. The van der Waals surface area contributed by atoms with Crippen LogP contribution in [0.2, 0.25) is 0 Å². The average molecular weight is 223 g/mol. The summed E-state index contributed by atoms with van der Waals surface area (Å²) in [5.74, 6) is 0. The van der Waals surface area contributed by atoms with Crippen LogP contribution in [0.3, 0.4) is 0 Å². The predicted octanol–water partition coefficient (Wildman–Crippen LogP) is 0.997. The van der Waals surface area contributed by atoms with Gasteiger partial charge in [0, 0.05) is 12.7 Å². The van der Waals surface area contributed by atoms with Crippen molar-refractivity contribution >= 4 is 11.7 Å². The summed E-state index contributed by atoms with van der Waals surface area (Å²) >= 11 is 1.19. The lowest BCUT2D eigenvalue weighted by atomic mass is 10.1. The van der Waals surface area contributed by atoms with Gasteiger partial charge in [-0.2, -0.15) is 13.8 Å². The number of aromatic nitrogens is 4. The Bertz CT molecular complexity index is 408. The lowest BCUT2D eigenvalue weighted by Gasteiger charge is -2.05. The number of nitrogens with zero attached hydrogens (tertiary/aromatic N) is 4. The van der Waals surface area contributed by atoms with Crippen LogP contribution in [0.25, 0.3) is 0 Å². The van der Waals surface area contributed by atoms with Crippen LogP contribution in [-0.4, -0.2) is 18.5 Å². The standard InChI is InChI=1S/C9H13N5S/c1-2-14-6-7(4-11-14)3-8(10)9-5-12-15-13-9/h4-6,8H,2-3,10H2,1H3. The van der Waals surface area contributed by atoms with Crippen molar-refractivity contribution in [3.63, 3.8) is 0 Å². The van der Waals surface area contributed by atoms with Gasteiger partial charge in [-0.25, -0.2) is 0 Å². The number of aryl methyl sites for hydroxylation is 1. The van der Waals surface area contributed by atoms with Crippen molar-refractivity contribution in [3.05, 3.63) is 29.8 Å². The summed E-state index contributed by atoms with van der Waals surface area (Å²) in [5.41, 5.74) is 7.98. The molecule has 2 N–H and O–H groups in total. The number of rotatable bonds is 4. The Hall–Kier alpha value is -1.27. The summed E-state index contributed by atoms with van der Waals surface area (Å²) in [6, 6.07) is -0.0849. The first-order valence-corrected chi connectivity index (χ1v) is 5.57. The molecular formula is C9H13N5S. The van der Waals surface area contributed by atoms with Gasteiger partial charge in [0.15, 0.2) is 0 Å². The maximum Gasteiger partial charge on any atom is 0.0913 e. The highest BCUT2D eigenvalue weighted by atomic mass is 32.1. The number of hydrogen-bond donors (Lipinski definition) is 1. The predicted molar refractivity (Wildman–Crippen MR) is 58.4 cm³/mol. The second-order valence-electron chi connectivity index (χ2n) is 3.35. The average Bonchev–Trinajstić information content (AvgIpc) is 2.87. The Labute approximate surface area is 92.3 Å². The van der Waals surface area contributed by atoms with Crippen LogP contribution < -0.4 is 5.73 Å². The summed E-state index contributed by atoms with van der Waals surface area (Å²) in [6.07, 6.45) is 6.34. The molecule has 2 rings (SSSR count). The van der Waals surface area contributed by atoms with E-state index in [4.69, 9.17) is 5.73 Å². The lowest BCUT2D eigenvalue weighted by Crippen LogP contribution is -2.13. The molecule has 0 radical (unpaired) electrons. The molecular weight excluding hydrogens is 210 g/mol. The molecule has 0 saturated carbocycles. The van der Waals surface area contributed by atoms with E-state index in [1.165, 1.54) is 11.7 Å². The Kier molecular flexibility index (Phi) is 3.08. The maximum atomic E-state index is 5.99. The topological polar surface area (TPSA) is 69.6 Å². The molecule has 2 aromatic heterocycles. The monoisotopic (exact) mass is 223 g/mol. The van der Waals surface area contributed by atoms with Gasteiger partial charge in [-0.05, 0) is 18.9 Å². The van der Waals surface area contributed by atoms with E-state index in [-0.39, 0.29) is 6.04 Å². The van der Waals surface area contributed by atoms with Crippen molar-refractivity contribution in [1.29, 1.82) is 0 Å². The Morgan fingerprint density at radius 1 is 1.53 bits per heavy atom. The van der Waals surface area contributed by atoms with Crippen LogP contribution in [0.15, 0.2) is 18.6 Å². The minimum atomic E-state index is -0.0849. The third-order valence-corrected chi connectivity index (χ3v) is 2.72. The van der Waals surface area contributed by atoms with Crippen LogP contribution >= 0.6 is 11.7 Å². The highest BCUT2D eigenvalue weighted by Crippen LogP contribution is 2.13. The quantitative estimate of drug-likeness (QED) is 0.839. The molecule has 0 aliphatic rings. The van der Waals surface area contributed by atoms with Gasteiger partial charge < -0.3 is 5.73 Å². The minimum absolute atomic E-state index is 0.0849. The van der Waals surface area contributed by atoms with E-state index in [1.54, 1.807) is 6.20 Å². The molecule has 0 aliphatic carbocycles. The molecule has 2 aromatic rings. The van der Waals surface area contributed by atoms with Crippen molar-refractivity contribution in [2.24, 2.45) is 5.73 Å². The molecule has 1 atom stereocenters. The molecule has 0 aromatic carbocycles. The van der Waals surface area contributed by atoms with Gasteiger partial charge in [-0.1, -0.05) is 0 Å². The third kappa shape index (κ3) is 2.40. The van der Waals surface area contributed by atoms with Gasteiger partial charge in [0.05, 0.1) is 35.9 Å². The minimum Gasteiger partial charge on any atom is -0.322 e. The summed E-state index contributed by atoms with van der Waals surface area (Å²) in [5, 5.41) is 4.20. The first-order valence-electron chi connectivity index (χ1n) is 4.84. The Balaban J connectivity index is 2.02. The van der Waals surface area contributed by atoms with Gasteiger partial charge in [0.25, 0.3) is 0 Å². The fraction of sp³-hybridized carbons (Fsp3) is 0.444. The maximum absolute atomic E-state index is 5.99.